The predicted molar refractivity (Wildman–Crippen MR) is 115 cm³/mol. The van der Waals surface area contributed by atoms with E-state index in [9.17, 15) is 19.8 Å². The Morgan fingerprint density at radius 1 is 0.679 bits per heavy atom. The van der Waals surface area contributed by atoms with Crippen LogP contribution in [0.1, 0.15) is 11.1 Å². The van der Waals surface area contributed by atoms with Gasteiger partial charge in [-0.3, -0.25) is 9.59 Å². The summed E-state index contributed by atoms with van der Waals surface area (Å²) < 4.78 is 0. The van der Waals surface area contributed by atoms with Crippen LogP contribution in [0.2, 0.25) is 0 Å². The van der Waals surface area contributed by atoms with Crippen molar-refractivity contribution in [1.82, 2.24) is 10.6 Å². The molecule has 0 bridgehead atoms. The van der Waals surface area contributed by atoms with Gasteiger partial charge >= 0.3 is 0 Å². The van der Waals surface area contributed by atoms with Crippen molar-refractivity contribution in [1.29, 1.82) is 0 Å². The lowest BCUT2D eigenvalue weighted by molar-refractivity contribution is -0.121. The Kier molecular flexibility index (Phi) is 9.57. The van der Waals surface area contributed by atoms with Gasteiger partial charge in [-0.2, -0.15) is 0 Å². The van der Waals surface area contributed by atoms with Gasteiger partial charge < -0.3 is 20.8 Å². The summed E-state index contributed by atoms with van der Waals surface area (Å²) in [5.74, 6) is 1.86. The molecule has 0 aliphatic rings. The number of hydrogen-bond donors (Lipinski definition) is 4. The number of carbonyl (C=O) groups excluding carboxylic acids is 2. The highest BCUT2D eigenvalue weighted by Gasteiger charge is 2.04. The summed E-state index contributed by atoms with van der Waals surface area (Å²) in [5, 5.41) is 24.2. The Balaban J connectivity index is 1.45. The minimum absolute atomic E-state index is 0.0437. The summed E-state index contributed by atoms with van der Waals surface area (Å²) in [6.07, 6.45) is 0.594. The van der Waals surface area contributed by atoms with Gasteiger partial charge in [0.15, 0.2) is 0 Å². The molecule has 2 aromatic rings. The smallest absolute Gasteiger partial charge is 0.224 e. The van der Waals surface area contributed by atoms with Gasteiger partial charge in [-0.15, -0.1) is 0 Å². The Morgan fingerprint density at radius 3 is 1.39 bits per heavy atom. The molecule has 0 heterocycles. The summed E-state index contributed by atoms with van der Waals surface area (Å²) in [6, 6.07) is 13.2. The van der Waals surface area contributed by atoms with Gasteiger partial charge in [0.1, 0.15) is 11.5 Å². The fourth-order valence-electron chi connectivity index (χ4n) is 2.31. The van der Waals surface area contributed by atoms with Crippen molar-refractivity contribution in [3.63, 3.8) is 0 Å². The van der Waals surface area contributed by atoms with Crippen LogP contribution in [0.15, 0.2) is 48.5 Å². The molecule has 2 rings (SSSR count). The van der Waals surface area contributed by atoms with Crippen molar-refractivity contribution in [2.75, 3.05) is 24.6 Å². The van der Waals surface area contributed by atoms with E-state index in [0.29, 0.717) is 25.9 Å². The van der Waals surface area contributed by atoms with Gasteiger partial charge in [0.2, 0.25) is 11.8 Å². The van der Waals surface area contributed by atoms with Gasteiger partial charge in [0.25, 0.3) is 0 Å². The molecule has 0 spiro atoms. The van der Waals surface area contributed by atoms with E-state index in [0.717, 1.165) is 22.6 Å². The van der Waals surface area contributed by atoms with Crippen molar-refractivity contribution in [3.05, 3.63) is 59.7 Å². The van der Waals surface area contributed by atoms with Crippen LogP contribution < -0.4 is 10.6 Å². The summed E-state index contributed by atoms with van der Waals surface area (Å²) in [4.78, 5) is 23.7. The lowest BCUT2D eigenvalue weighted by Crippen LogP contribution is -2.27. The molecule has 0 aliphatic carbocycles. The number of nitrogens with one attached hydrogen (secondary N) is 2. The molecule has 0 radical (unpaired) electrons. The van der Waals surface area contributed by atoms with Gasteiger partial charge in [-0.05, 0) is 35.4 Å². The highest BCUT2D eigenvalue weighted by Crippen LogP contribution is 2.19. The van der Waals surface area contributed by atoms with Gasteiger partial charge in [-0.1, -0.05) is 45.9 Å². The van der Waals surface area contributed by atoms with E-state index in [1.165, 1.54) is 0 Å². The molecule has 0 saturated heterocycles. The van der Waals surface area contributed by atoms with Crippen LogP contribution in [0.3, 0.4) is 0 Å². The van der Waals surface area contributed by atoms with Crippen molar-refractivity contribution in [3.8, 4) is 11.5 Å². The van der Waals surface area contributed by atoms with Crippen LogP contribution in [-0.4, -0.2) is 46.6 Å². The molecular weight excluding hydrogens is 396 g/mol. The standard InChI is InChI=1S/C20H24N2O4S2/c23-17-5-1-15(2-6-17)13-19(25)21-9-11-27-28-12-10-22-20(26)14-16-3-7-18(24)8-4-16/h1-8,23-24H,9-14H2,(H,21,25)(H,22,26). The number of hydrogen-bond acceptors (Lipinski definition) is 6. The molecule has 0 aromatic heterocycles. The topological polar surface area (TPSA) is 98.7 Å². The molecule has 0 atom stereocenters. The molecule has 150 valence electrons. The summed E-state index contributed by atoms with van der Waals surface area (Å²) >= 11 is 0. The van der Waals surface area contributed by atoms with Crippen molar-refractivity contribution >= 4 is 33.4 Å². The second-order valence-electron chi connectivity index (χ2n) is 6.03. The highest BCUT2D eigenvalue weighted by molar-refractivity contribution is 8.76. The maximum Gasteiger partial charge on any atom is 0.224 e. The van der Waals surface area contributed by atoms with Crippen molar-refractivity contribution in [2.24, 2.45) is 0 Å². The molecular formula is C20H24N2O4S2. The third-order valence-corrected chi connectivity index (χ3v) is 6.11. The van der Waals surface area contributed by atoms with Crippen LogP contribution in [0.5, 0.6) is 11.5 Å². The third-order valence-electron chi connectivity index (χ3n) is 3.70. The van der Waals surface area contributed by atoms with Crippen LogP contribution in [-0.2, 0) is 22.4 Å². The molecule has 0 saturated carbocycles. The molecule has 6 nitrogen and oxygen atoms in total. The van der Waals surface area contributed by atoms with Gasteiger partial charge in [0.05, 0.1) is 12.8 Å². The van der Waals surface area contributed by atoms with Crippen LogP contribution in [0.25, 0.3) is 0 Å². The Hall–Kier alpha value is -2.32. The van der Waals surface area contributed by atoms with Crippen LogP contribution in [0.4, 0.5) is 0 Å². The second-order valence-corrected chi connectivity index (χ2v) is 8.73. The quantitative estimate of drug-likeness (QED) is 0.329. The number of benzene rings is 2. The molecule has 8 heteroatoms. The number of aromatic hydroxyl groups is 2. The summed E-state index contributed by atoms with van der Waals surface area (Å²) in [5.41, 5.74) is 1.72. The number of amides is 2. The minimum atomic E-state index is -0.0437. The van der Waals surface area contributed by atoms with E-state index < -0.39 is 0 Å². The molecule has 28 heavy (non-hydrogen) atoms. The average molecular weight is 421 g/mol. The van der Waals surface area contributed by atoms with E-state index in [-0.39, 0.29) is 23.3 Å². The Labute approximate surface area is 172 Å². The first kappa shape index (κ1) is 22.0. The second kappa shape index (κ2) is 12.2. The van der Waals surface area contributed by atoms with Crippen LogP contribution in [0, 0.1) is 0 Å². The zero-order valence-corrected chi connectivity index (χ0v) is 17.0. The monoisotopic (exact) mass is 420 g/mol. The fourth-order valence-corrected chi connectivity index (χ4v) is 4.12. The lowest BCUT2D eigenvalue weighted by Gasteiger charge is -2.07. The molecule has 0 aliphatic heterocycles. The molecule has 0 unspecified atom stereocenters. The maximum absolute atomic E-state index is 11.8. The molecule has 4 N–H and O–H groups in total. The van der Waals surface area contributed by atoms with E-state index in [1.54, 1.807) is 70.1 Å². The SMILES string of the molecule is O=C(Cc1ccc(O)cc1)NCCSSCCNC(=O)Cc1ccc(O)cc1. The average Bonchev–Trinajstić information content (AvgIpc) is 2.67. The summed E-state index contributed by atoms with van der Waals surface area (Å²) in [6.45, 7) is 1.17. The first-order valence-corrected chi connectivity index (χ1v) is 11.4. The lowest BCUT2D eigenvalue weighted by atomic mass is 10.1. The first-order chi connectivity index (χ1) is 13.5. The fraction of sp³-hybridized carbons (Fsp3) is 0.300. The molecule has 0 fully saturated rings. The van der Waals surface area contributed by atoms with E-state index in [4.69, 9.17) is 0 Å². The normalized spacial score (nSPS) is 10.4. The zero-order valence-electron chi connectivity index (χ0n) is 15.4. The third kappa shape index (κ3) is 9.05. The highest BCUT2D eigenvalue weighted by atomic mass is 33.1. The number of rotatable bonds is 11. The predicted octanol–water partition coefficient (Wildman–Crippen LogP) is 2.50. The Morgan fingerprint density at radius 2 is 1.04 bits per heavy atom. The number of phenols is 2. The minimum Gasteiger partial charge on any atom is -0.508 e. The number of carbonyl (C=O) groups is 2. The van der Waals surface area contributed by atoms with Crippen molar-refractivity contribution < 1.29 is 19.8 Å². The largest absolute Gasteiger partial charge is 0.508 e. The maximum atomic E-state index is 11.8. The van der Waals surface area contributed by atoms with Crippen molar-refractivity contribution in [2.45, 2.75) is 12.8 Å². The van der Waals surface area contributed by atoms with Crippen LogP contribution >= 0.6 is 21.6 Å². The van der Waals surface area contributed by atoms with E-state index in [2.05, 4.69) is 10.6 Å². The summed E-state index contributed by atoms with van der Waals surface area (Å²) in [7, 11) is 3.30. The number of phenolic OH excluding ortho intramolecular Hbond substituents is 2. The molecule has 2 aromatic carbocycles. The van der Waals surface area contributed by atoms with Gasteiger partial charge in [-0.25, -0.2) is 0 Å². The van der Waals surface area contributed by atoms with E-state index in [1.807, 2.05) is 0 Å². The van der Waals surface area contributed by atoms with E-state index >= 15 is 0 Å². The zero-order chi connectivity index (χ0) is 20.2. The molecule has 2 amide bonds. The first-order valence-electron chi connectivity index (χ1n) is 8.86. The Bertz CT molecular complexity index is 686. The van der Waals surface area contributed by atoms with Gasteiger partial charge in [0, 0.05) is 24.6 Å².